The van der Waals surface area contributed by atoms with Crippen LogP contribution in [0.3, 0.4) is 0 Å². The Labute approximate surface area is 117 Å². The zero-order valence-corrected chi connectivity index (χ0v) is 11.4. The van der Waals surface area contributed by atoms with Gasteiger partial charge in [0.05, 0.1) is 11.3 Å². The Bertz CT molecular complexity index is 483. The number of nitrogens with one attached hydrogen (secondary N) is 1. The Morgan fingerprint density at radius 1 is 1.15 bits per heavy atom. The Hall–Kier alpha value is -1.65. The van der Waals surface area contributed by atoms with Gasteiger partial charge in [-0.15, -0.1) is 0 Å². The van der Waals surface area contributed by atoms with Crippen LogP contribution in [-0.2, 0) is 0 Å². The molecule has 0 aliphatic heterocycles. The van der Waals surface area contributed by atoms with Crippen molar-refractivity contribution in [1.29, 1.82) is 0 Å². The molecule has 1 aliphatic rings. The molecule has 1 saturated carbocycles. The number of benzene rings is 1. The molecule has 0 atom stereocenters. The van der Waals surface area contributed by atoms with Crippen molar-refractivity contribution >= 4 is 11.6 Å². The molecule has 1 fully saturated rings. The number of primary amides is 1. The summed E-state index contributed by atoms with van der Waals surface area (Å²) in [7, 11) is 0. The Balaban J connectivity index is 2.04. The number of carbonyl (C=O) groups is 1. The quantitative estimate of drug-likeness (QED) is 0.831. The summed E-state index contributed by atoms with van der Waals surface area (Å²) in [4.78, 5) is 11.1. The maximum Gasteiger partial charge on any atom is 0.251 e. The topological polar surface area (TPSA) is 55.1 Å². The second-order valence-corrected chi connectivity index (χ2v) is 5.41. The molecule has 3 N–H and O–H groups in total. The molecule has 110 valence electrons. The molecule has 0 saturated heterocycles. The highest BCUT2D eigenvalue weighted by Gasteiger charge is 2.16. The number of hydrogen-bond donors (Lipinski definition) is 2. The van der Waals surface area contributed by atoms with Gasteiger partial charge in [0.25, 0.3) is 5.91 Å². The predicted octanol–water partition coefficient (Wildman–Crippen LogP) is 3.45. The van der Waals surface area contributed by atoms with Crippen LogP contribution in [0.5, 0.6) is 0 Å². The standard InChI is InChI=1S/C15H20F2N2O/c16-12-8-13(17)14(7-11(12)15(18)20)19-9-10-5-3-1-2-4-6-10/h7-8,10,19H,1-6,9H2,(H2,18,20). The van der Waals surface area contributed by atoms with Crippen LogP contribution >= 0.6 is 0 Å². The lowest BCUT2D eigenvalue weighted by Gasteiger charge is -2.16. The minimum atomic E-state index is -0.921. The van der Waals surface area contributed by atoms with E-state index < -0.39 is 17.5 Å². The summed E-state index contributed by atoms with van der Waals surface area (Å²) in [6.45, 7) is 0.640. The van der Waals surface area contributed by atoms with Crippen molar-refractivity contribution in [2.75, 3.05) is 11.9 Å². The van der Waals surface area contributed by atoms with Crippen LogP contribution in [0.15, 0.2) is 12.1 Å². The highest BCUT2D eigenvalue weighted by Crippen LogP contribution is 2.25. The van der Waals surface area contributed by atoms with Crippen LogP contribution in [0.2, 0.25) is 0 Å². The number of halogens is 2. The summed E-state index contributed by atoms with van der Waals surface area (Å²) >= 11 is 0. The summed E-state index contributed by atoms with van der Waals surface area (Å²) in [6.07, 6.45) is 7.16. The molecular formula is C15H20F2N2O. The van der Waals surface area contributed by atoms with Gasteiger partial charge in [-0.25, -0.2) is 8.78 Å². The maximum atomic E-state index is 13.7. The number of hydrogen-bond acceptors (Lipinski definition) is 2. The van der Waals surface area contributed by atoms with Crippen LogP contribution in [0.25, 0.3) is 0 Å². The van der Waals surface area contributed by atoms with E-state index in [4.69, 9.17) is 5.73 Å². The number of amides is 1. The van der Waals surface area contributed by atoms with Crippen LogP contribution in [0.1, 0.15) is 48.9 Å². The lowest BCUT2D eigenvalue weighted by Crippen LogP contribution is -2.17. The summed E-state index contributed by atoms with van der Waals surface area (Å²) in [6, 6.07) is 1.86. The predicted molar refractivity (Wildman–Crippen MR) is 74.6 cm³/mol. The number of anilines is 1. The van der Waals surface area contributed by atoms with Crippen molar-refractivity contribution in [3.8, 4) is 0 Å². The molecule has 0 spiro atoms. The van der Waals surface area contributed by atoms with Crippen molar-refractivity contribution in [3.05, 3.63) is 29.3 Å². The number of nitrogens with two attached hydrogens (primary N) is 1. The fraction of sp³-hybridized carbons (Fsp3) is 0.533. The highest BCUT2D eigenvalue weighted by molar-refractivity contribution is 5.94. The van der Waals surface area contributed by atoms with Gasteiger partial charge in [-0.3, -0.25) is 4.79 Å². The van der Waals surface area contributed by atoms with Gasteiger partial charge >= 0.3 is 0 Å². The van der Waals surface area contributed by atoms with Crippen LogP contribution in [-0.4, -0.2) is 12.5 Å². The van der Waals surface area contributed by atoms with E-state index in [9.17, 15) is 13.6 Å². The molecule has 0 radical (unpaired) electrons. The van der Waals surface area contributed by atoms with E-state index in [1.807, 2.05) is 0 Å². The Morgan fingerprint density at radius 2 is 1.80 bits per heavy atom. The average molecular weight is 282 g/mol. The fourth-order valence-electron chi connectivity index (χ4n) is 2.70. The smallest absolute Gasteiger partial charge is 0.251 e. The first-order valence-corrected chi connectivity index (χ1v) is 7.10. The van der Waals surface area contributed by atoms with Gasteiger partial charge in [0.1, 0.15) is 11.6 Å². The molecule has 0 heterocycles. The lowest BCUT2D eigenvalue weighted by atomic mass is 10.0. The lowest BCUT2D eigenvalue weighted by molar-refractivity contribution is 0.0996. The van der Waals surface area contributed by atoms with Crippen molar-refractivity contribution in [2.24, 2.45) is 11.7 Å². The largest absolute Gasteiger partial charge is 0.382 e. The molecular weight excluding hydrogens is 262 g/mol. The van der Waals surface area contributed by atoms with Gasteiger partial charge in [0.2, 0.25) is 0 Å². The molecule has 0 bridgehead atoms. The molecule has 1 amide bonds. The average Bonchev–Trinajstić information content (AvgIpc) is 2.66. The molecule has 3 nitrogen and oxygen atoms in total. The molecule has 20 heavy (non-hydrogen) atoms. The molecule has 5 heteroatoms. The van der Waals surface area contributed by atoms with Crippen LogP contribution in [0.4, 0.5) is 14.5 Å². The third kappa shape index (κ3) is 3.68. The van der Waals surface area contributed by atoms with E-state index in [1.54, 1.807) is 0 Å². The van der Waals surface area contributed by atoms with E-state index in [1.165, 1.54) is 25.7 Å². The summed E-state index contributed by atoms with van der Waals surface area (Å²) < 4.78 is 27.0. The first kappa shape index (κ1) is 14.8. The monoisotopic (exact) mass is 282 g/mol. The SMILES string of the molecule is NC(=O)c1cc(NCC2CCCCCC2)c(F)cc1F. The summed E-state index contributed by atoms with van der Waals surface area (Å²) in [5.74, 6) is -2.00. The first-order valence-electron chi connectivity index (χ1n) is 7.10. The third-order valence-corrected chi connectivity index (χ3v) is 3.88. The molecule has 1 aromatic carbocycles. The van der Waals surface area contributed by atoms with E-state index in [0.717, 1.165) is 18.9 Å². The number of carbonyl (C=O) groups excluding carboxylic acids is 1. The van der Waals surface area contributed by atoms with Crippen molar-refractivity contribution in [3.63, 3.8) is 0 Å². The molecule has 0 aromatic heterocycles. The summed E-state index contributed by atoms with van der Waals surface area (Å²) in [5, 5.41) is 2.98. The van der Waals surface area contributed by atoms with E-state index in [2.05, 4.69) is 5.32 Å². The summed E-state index contributed by atoms with van der Waals surface area (Å²) in [5.41, 5.74) is 4.92. The molecule has 2 rings (SSSR count). The first-order chi connectivity index (χ1) is 9.58. The second kappa shape index (κ2) is 6.68. The van der Waals surface area contributed by atoms with Gasteiger partial charge in [0, 0.05) is 12.6 Å². The second-order valence-electron chi connectivity index (χ2n) is 5.41. The molecule has 1 aliphatic carbocycles. The maximum absolute atomic E-state index is 13.7. The van der Waals surface area contributed by atoms with Gasteiger partial charge in [-0.1, -0.05) is 25.7 Å². The van der Waals surface area contributed by atoms with Crippen molar-refractivity contribution < 1.29 is 13.6 Å². The Kier molecular flexibility index (Phi) is 4.93. The molecule has 0 unspecified atom stereocenters. The van der Waals surface area contributed by atoms with Crippen LogP contribution < -0.4 is 11.1 Å². The van der Waals surface area contributed by atoms with E-state index in [-0.39, 0.29) is 11.3 Å². The Morgan fingerprint density at radius 3 is 2.40 bits per heavy atom. The fourth-order valence-corrected chi connectivity index (χ4v) is 2.70. The van der Waals surface area contributed by atoms with Crippen molar-refractivity contribution in [1.82, 2.24) is 0 Å². The minimum Gasteiger partial charge on any atom is -0.382 e. The zero-order chi connectivity index (χ0) is 14.5. The zero-order valence-electron chi connectivity index (χ0n) is 11.4. The van der Waals surface area contributed by atoms with Gasteiger partial charge in [0.15, 0.2) is 0 Å². The molecule has 1 aromatic rings. The highest BCUT2D eigenvalue weighted by atomic mass is 19.1. The number of rotatable bonds is 4. The van der Waals surface area contributed by atoms with Crippen molar-refractivity contribution in [2.45, 2.75) is 38.5 Å². The van der Waals surface area contributed by atoms with Gasteiger partial charge < -0.3 is 11.1 Å². The minimum absolute atomic E-state index is 0.143. The van der Waals surface area contributed by atoms with E-state index in [0.29, 0.717) is 18.5 Å². The van der Waals surface area contributed by atoms with Crippen LogP contribution in [0, 0.1) is 17.6 Å². The van der Waals surface area contributed by atoms with Gasteiger partial charge in [-0.2, -0.15) is 0 Å². The normalized spacial score (nSPS) is 16.7. The van der Waals surface area contributed by atoms with E-state index >= 15 is 0 Å². The third-order valence-electron chi connectivity index (χ3n) is 3.88. The van der Waals surface area contributed by atoms with Gasteiger partial charge in [-0.05, 0) is 24.8 Å².